The van der Waals surface area contributed by atoms with Crippen molar-refractivity contribution in [3.8, 4) is 0 Å². The van der Waals surface area contributed by atoms with Crippen LogP contribution in [0, 0.1) is 6.92 Å². The van der Waals surface area contributed by atoms with Gasteiger partial charge in [-0.05, 0) is 25.1 Å². The van der Waals surface area contributed by atoms with E-state index in [0.717, 1.165) is 28.5 Å². The molecule has 0 spiro atoms. The van der Waals surface area contributed by atoms with Crippen LogP contribution < -0.4 is 21.2 Å². The molecule has 1 aliphatic heterocycles. The fourth-order valence-electron chi connectivity index (χ4n) is 2.53. The molecule has 22 heavy (non-hydrogen) atoms. The zero-order chi connectivity index (χ0) is 15.7. The van der Waals surface area contributed by atoms with Crippen LogP contribution in [0.3, 0.4) is 0 Å². The summed E-state index contributed by atoms with van der Waals surface area (Å²) in [6.07, 6.45) is 0. The summed E-state index contributed by atoms with van der Waals surface area (Å²) in [6.45, 7) is 4.61. The Labute approximate surface area is 132 Å². The summed E-state index contributed by atoms with van der Waals surface area (Å²) < 4.78 is 1.07. The smallest absolute Gasteiger partial charge is 0.295 e. The normalized spacial score (nSPS) is 15.2. The first-order valence-corrected chi connectivity index (χ1v) is 7.41. The highest BCUT2D eigenvalue weighted by Crippen LogP contribution is 2.21. The summed E-state index contributed by atoms with van der Waals surface area (Å²) in [7, 11) is 0. The Kier molecular flexibility index (Phi) is 3.89. The van der Waals surface area contributed by atoms with Crippen LogP contribution in [0.5, 0.6) is 0 Å². The Hall–Kier alpha value is -2.28. The van der Waals surface area contributed by atoms with E-state index in [1.54, 1.807) is 6.92 Å². The third-order valence-electron chi connectivity index (χ3n) is 3.77. The number of rotatable bonds is 2. The first kappa shape index (κ1) is 14.6. The quantitative estimate of drug-likeness (QED) is 0.818. The molecule has 3 rings (SSSR count). The van der Waals surface area contributed by atoms with E-state index in [9.17, 15) is 4.79 Å². The molecule has 1 saturated heterocycles. The number of nitrogens with zero attached hydrogens (tertiary/aromatic N) is 5. The first-order valence-electron chi connectivity index (χ1n) is 7.03. The summed E-state index contributed by atoms with van der Waals surface area (Å²) in [5.74, 6) is 6.21. The SMILES string of the molecule is Cc1nnc(N2CCN(c3cccc(Cl)c3)CC2)n(N)c1=O. The third-order valence-corrected chi connectivity index (χ3v) is 4.00. The van der Waals surface area contributed by atoms with Gasteiger partial charge in [0.15, 0.2) is 0 Å². The van der Waals surface area contributed by atoms with Crippen LogP contribution in [0.2, 0.25) is 5.02 Å². The summed E-state index contributed by atoms with van der Waals surface area (Å²) in [4.78, 5) is 16.0. The van der Waals surface area contributed by atoms with Gasteiger partial charge in [0.2, 0.25) is 5.95 Å². The number of aromatic nitrogens is 3. The molecule has 0 bridgehead atoms. The maximum Gasteiger partial charge on any atom is 0.295 e. The summed E-state index contributed by atoms with van der Waals surface area (Å²) in [6, 6.07) is 7.77. The van der Waals surface area contributed by atoms with Crippen LogP contribution in [-0.4, -0.2) is 41.1 Å². The molecule has 8 heteroatoms. The lowest BCUT2D eigenvalue weighted by Crippen LogP contribution is -2.49. The molecular weight excluding hydrogens is 304 g/mol. The number of hydrogen-bond acceptors (Lipinski definition) is 6. The zero-order valence-electron chi connectivity index (χ0n) is 12.2. The van der Waals surface area contributed by atoms with E-state index in [1.165, 1.54) is 0 Å². The maximum absolute atomic E-state index is 11.8. The second kappa shape index (κ2) is 5.84. The molecule has 1 fully saturated rings. The van der Waals surface area contributed by atoms with Crippen molar-refractivity contribution in [2.75, 3.05) is 41.8 Å². The van der Waals surface area contributed by atoms with Crippen molar-refractivity contribution in [3.63, 3.8) is 0 Å². The molecule has 2 aromatic rings. The van der Waals surface area contributed by atoms with Gasteiger partial charge in [-0.25, -0.2) is 0 Å². The number of halogens is 1. The molecule has 1 aliphatic rings. The molecule has 0 amide bonds. The van der Waals surface area contributed by atoms with Gasteiger partial charge in [0.25, 0.3) is 5.56 Å². The second-order valence-electron chi connectivity index (χ2n) is 5.21. The van der Waals surface area contributed by atoms with Gasteiger partial charge in [-0.1, -0.05) is 17.7 Å². The van der Waals surface area contributed by atoms with Gasteiger partial charge >= 0.3 is 0 Å². The molecular formula is C14H17ClN6O. The number of benzene rings is 1. The average molecular weight is 321 g/mol. The number of nitrogens with two attached hydrogens (primary N) is 1. The molecule has 2 heterocycles. The predicted molar refractivity (Wildman–Crippen MR) is 87.1 cm³/mol. The van der Waals surface area contributed by atoms with Gasteiger partial charge in [0.1, 0.15) is 5.69 Å². The molecule has 116 valence electrons. The van der Waals surface area contributed by atoms with Crippen LogP contribution in [-0.2, 0) is 0 Å². The van der Waals surface area contributed by atoms with Crippen LogP contribution in [0.15, 0.2) is 29.1 Å². The predicted octanol–water partition coefficient (Wildman–Crippen LogP) is 0.641. The van der Waals surface area contributed by atoms with Crippen molar-refractivity contribution in [1.82, 2.24) is 14.9 Å². The summed E-state index contributed by atoms with van der Waals surface area (Å²) in [5.41, 5.74) is 1.07. The van der Waals surface area contributed by atoms with E-state index in [4.69, 9.17) is 17.4 Å². The molecule has 0 radical (unpaired) electrons. The number of nitrogen functional groups attached to an aromatic ring is 1. The standard InChI is InChI=1S/C14H17ClN6O/c1-10-13(22)21(16)14(18-17-10)20-7-5-19(6-8-20)12-4-2-3-11(15)9-12/h2-4,9H,5-8,16H2,1H3. The Morgan fingerprint density at radius 1 is 1.14 bits per heavy atom. The number of piperazine rings is 1. The minimum Gasteiger partial charge on any atom is -0.368 e. The average Bonchev–Trinajstić information content (AvgIpc) is 2.53. The Morgan fingerprint density at radius 3 is 2.50 bits per heavy atom. The molecule has 0 saturated carbocycles. The maximum atomic E-state index is 11.8. The summed E-state index contributed by atoms with van der Waals surface area (Å²) >= 11 is 6.03. The van der Waals surface area contributed by atoms with Crippen LogP contribution in [0.25, 0.3) is 0 Å². The van der Waals surface area contributed by atoms with Crippen LogP contribution in [0.4, 0.5) is 11.6 Å². The number of hydrogen-bond donors (Lipinski definition) is 1. The van der Waals surface area contributed by atoms with E-state index < -0.39 is 0 Å². The van der Waals surface area contributed by atoms with Gasteiger partial charge in [-0.15, -0.1) is 10.2 Å². The van der Waals surface area contributed by atoms with Crippen molar-refractivity contribution in [2.45, 2.75) is 6.92 Å². The fourth-order valence-corrected chi connectivity index (χ4v) is 2.71. The lowest BCUT2D eigenvalue weighted by molar-refractivity contribution is 0.616. The van der Waals surface area contributed by atoms with Crippen molar-refractivity contribution >= 4 is 23.2 Å². The van der Waals surface area contributed by atoms with Gasteiger partial charge in [-0.3, -0.25) is 4.79 Å². The third kappa shape index (κ3) is 2.71. The van der Waals surface area contributed by atoms with E-state index in [1.807, 2.05) is 29.2 Å². The van der Waals surface area contributed by atoms with Crippen molar-refractivity contribution in [2.24, 2.45) is 0 Å². The van der Waals surface area contributed by atoms with E-state index in [2.05, 4.69) is 15.1 Å². The first-order chi connectivity index (χ1) is 10.6. The second-order valence-corrected chi connectivity index (χ2v) is 5.65. The zero-order valence-corrected chi connectivity index (χ0v) is 13.0. The molecule has 7 nitrogen and oxygen atoms in total. The molecule has 1 aromatic carbocycles. The number of aryl methyl sites for hydroxylation is 1. The monoisotopic (exact) mass is 320 g/mol. The highest BCUT2D eigenvalue weighted by Gasteiger charge is 2.21. The van der Waals surface area contributed by atoms with Crippen LogP contribution in [0.1, 0.15) is 5.69 Å². The lowest BCUT2D eigenvalue weighted by Gasteiger charge is -2.36. The molecule has 0 aliphatic carbocycles. The van der Waals surface area contributed by atoms with Crippen molar-refractivity contribution in [3.05, 3.63) is 45.3 Å². The van der Waals surface area contributed by atoms with Gasteiger partial charge in [-0.2, -0.15) is 4.68 Å². The molecule has 2 N–H and O–H groups in total. The Morgan fingerprint density at radius 2 is 1.82 bits per heavy atom. The number of anilines is 2. The largest absolute Gasteiger partial charge is 0.368 e. The van der Waals surface area contributed by atoms with E-state index >= 15 is 0 Å². The molecule has 0 atom stereocenters. The Balaban J connectivity index is 1.75. The van der Waals surface area contributed by atoms with Crippen LogP contribution >= 0.6 is 11.6 Å². The Bertz CT molecular complexity index is 738. The topological polar surface area (TPSA) is 80.3 Å². The summed E-state index contributed by atoms with van der Waals surface area (Å²) in [5, 5.41) is 8.64. The minimum atomic E-state index is -0.317. The molecule has 1 aromatic heterocycles. The van der Waals surface area contributed by atoms with Gasteiger partial charge < -0.3 is 15.6 Å². The highest BCUT2D eigenvalue weighted by molar-refractivity contribution is 6.30. The fraction of sp³-hybridized carbons (Fsp3) is 0.357. The minimum absolute atomic E-state index is 0.295. The van der Waals surface area contributed by atoms with E-state index in [-0.39, 0.29) is 5.56 Å². The van der Waals surface area contributed by atoms with Crippen molar-refractivity contribution < 1.29 is 0 Å². The van der Waals surface area contributed by atoms with Gasteiger partial charge in [0.05, 0.1) is 0 Å². The molecule has 0 unspecified atom stereocenters. The van der Waals surface area contributed by atoms with Gasteiger partial charge in [0, 0.05) is 36.9 Å². The lowest BCUT2D eigenvalue weighted by atomic mass is 10.2. The van der Waals surface area contributed by atoms with Crippen molar-refractivity contribution in [1.29, 1.82) is 0 Å². The van der Waals surface area contributed by atoms with E-state index in [0.29, 0.717) is 24.7 Å². The highest BCUT2D eigenvalue weighted by atomic mass is 35.5.